The van der Waals surface area contributed by atoms with E-state index < -0.39 is 0 Å². The largest absolute Gasteiger partial charge is 0.481 e. The van der Waals surface area contributed by atoms with Crippen LogP contribution in [0.25, 0.3) is 0 Å². The van der Waals surface area contributed by atoms with Crippen molar-refractivity contribution in [3.63, 3.8) is 0 Å². The number of hydrogen-bond donors (Lipinski definition) is 0. The van der Waals surface area contributed by atoms with E-state index in [4.69, 9.17) is 16.3 Å². The average Bonchev–Trinajstić information content (AvgIpc) is 2.42. The van der Waals surface area contributed by atoms with Crippen LogP contribution >= 0.6 is 27.5 Å². The first-order valence-electron chi connectivity index (χ1n) is 5.86. The molecule has 0 saturated heterocycles. The summed E-state index contributed by atoms with van der Waals surface area (Å²) in [4.78, 5) is 8.20. The van der Waals surface area contributed by atoms with Crippen LogP contribution in [0.4, 0.5) is 0 Å². The van der Waals surface area contributed by atoms with Crippen LogP contribution in [0.5, 0.6) is 5.88 Å². The molecular formula is C14H14BrClN2O. The van der Waals surface area contributed by atoms with Gasteiger partial charge in [0, 0.05) is 22.7 Å². The molecule has 0 fully saturated rings. The fraction of sp³-hybridized carbons (Fsp3) is 0.286. The zero-order chi connectivity index (χ0) is 13.8. The fourth-order valence-corrected chi connectivity index (χ4v) is 2.63. The summed E-state index contributed by atoms with van der Waals surface area (Å²) in [5.41, 5.74) is 3.13. The molecule has 0 aliphatic rings. The highest BCUT2D eigenvalue weighted by Crippen LogP contribution is 2.31. The minimum absolute atomic E-state index is 0.128. The van der Waals surface area contributed by atoms with Crippen molar-refractivity contribution in [3.05, 3.63) is 51.9 Å². The van der Waals surface area contributed by atoms with Gasteiger partial charge in [0.15, 0.2) is 0 Å². The van der Waals surface area contributed by atoms with Gasteiger partial charge >= 0.3 is 0 Å². The number of methoxy groups -OCH3 is 1. The van der Waals surface area contributed by atoms with Gasteiger partial charge in [0.25, 0.3) is 0 Å². The fourth-order valence-electron chi connectivity index (χ4n) is 1.86. The van der Waals surface area contributed by atoms with Crippen molar-refractivity contribution < 1.29 is 4.74 Å². The van der Waals surface area contributed by atoms with Crippen LogP contribution in [0.1, 0.15) is 22.2 Å². The van der Waals surface area contributed by atoms with Crippen LogP contribution in [-0.2, 0) is 6.42 Å². The highest BCUT2D eigenvalue weighted by molar-refractivity contribution is 9.10. The Bertz CT molecular complexity index is 577. The molecule has 0 radical (unpaired) electrons. The highest BCUT2D eigenvalue weighted by Gasteiger charge is 2.14. The Morgan fingerprint density at radius 3 is 2.89 bits per heavy atom. The van der Waals surface area contributed by atoms with Crippen LogP contribution in [-0.4, -0.2) is 17.1 Å². The van der Waals surface area contributed by atoms with Gasteiger partial charge in [-0.3, -0.25) is 0 Å². The maximum Gasteiger partial charge on any atom is 0.216 e. The van der Waals surface area contributed by atoms with Gasteiger partial charge in [0.2, 0.25) is 5.88 Å². The lowest BCUT2D eigenvalue weighted by atomic mass is 10.0. The van der Waals surface area contributed by atoms with E-state index in [1.54, 1.807) is 7.11 Å². The third-order valence-corrected chi connectivity index (χ3v) is 4.19. The first-order chi connectivity index (χ1) is 9.11. The molecule has 2 aromatic rings. The lowest BCUT2D eigenvalue weighted by Gasteiger charge is -2.13. The molecule has 1 aromatic carbocycles. The molecule has 5 heteroatoms. The molecular weight excluding hydrogens is 328 g/mol. The van der Waals surface area contributed by atoms with Crippen LogP contribution in [0.15, 0.2) is 35.1 Å². The summed E-state index contributed by atoms with van der Waals surface area (Å²) in [6, 6.07) is 7.84. The normalized spacial score (nSPS) is 12.2. The maximum absolute atomic E-state index is 6.49. The lowest BCUT2D eigenvalue weighted by molar-refractivity contribution is 0.396. The molecule has 0 bridgehead atoms. The summed E-state index contributed by atoms with van der Waals surface area (Å²) in [7, 11) is 1.59. The van der Waals surface area contributed by atoms with E-state index in [9.17, 15) is 0 Å². The summed E-state index contributed by atoms with van der Waals surface area (Å²) >= 11 is 10.0. The summed E-state index contributed by atoms with van der Waals surface area (Å²) in [5, 5.41) is -0.128. The molecule has 3 nitrogen and oxygen atoms in total. The number of aromatic nitrogens is 2. The van der Waals surface area contributed by atoms with E-state index in [0.717, 1.165) is 21.3 Å². The molecule has 1 atom stereocenters. The van der Waals surface area contributed by atoms with Gasteiger partial charge in [-0.15, -0.1) is 11.6 Å². The Morgan fingerprint density at radius 1 is 1.37 bits per heavy atom. The van der Waals surface area contributed by atoms with E-state index in [1.165, 1.54) is 6.33 Å². The number of halogens is 2. The molecule has 1 heterocycles. The second-order valence-electron chi connectivity index (χ2n) is 4.18. The van der Waals surface area contributed by atoms with Crippen molar-refractivity contribution in [1.82, 2.24) is 9.97 Å². The number of alkyl halides is 1. The molecule has 0 saturated carbocycles. The summed E-state index contributed by atoms with van der Waals surface area (Å²) in [6.07, 6.45) is 2.13. The quantitative estimate of drug-likeness (QED) is 0.786. The van der Waals surface area contributed by atoms with E-state index in [1.807, 2.05) is 24.3 Å². The Kier molecular flexibility index (Phi) is 4.77. The first-order valence-corrected chi connectivity index (χ1v) is 7.08. The molecule has 0 N–H and O–H groups in total. The van der Waals surface area contributed by atoms with Crippen molar-refractivity contribution >= 4 is 27.5 Å². The van der Waals surface area contributed by atoms with Gasteiger partial charge in [-0.05, 0) is 24.1 Å². The molecule has 1 unspecified atom stereocenters. The predicted octanol–water partition coefficient (Wildman–Crippen LogP) is 4.08. The van der Waals surface area contributed by atoms with Crippen molar-refractivity contribution in [2.24, 2.45) is 0 Å². The number of nitrogens with zero attached hydrogens (tertiary/aromatic N) is 2. The monoisotopic (exact) mass is 340 g/mol. The standard InChI is InChI=1S/C14H14BrClN2O/c1-9-11(4-3-5-12(9)15)13(16)6-10-7-14(19-2)18-8-17-10/h3-5,7-8,13H,6H2,1-2H3. The Balaban J connectivity index is 2.20. The van der Waals surface area contributed by atoms with Crippen LogP contribution in [0.3, 0.4) is 0 Å². The molecule has 0 spiro atoms. The summed E-state index contributed by atoms with van der Waals surface area (Å²) < 4.78 is 6.15. The van der Waals surface area contributed by atoms with Crippen molar-refractivity contribution in [1.29, 1.82) is 0 Å². The number of ether oxygens (including phenoxy) is 1. The smallest absolute Gasteiger partial charge is 0.216 e. The molecule has 2 rings (SSSR count). The predicted molar refractivity (Wildman–Crippen MR) is 79.8 cm³/mol. The van der Waals surface area contributed by atoms with E-state index >= 15 is 0 Å². The van der Waals surface area contributed by atoms with Crippen LogP contribution in [0.2, 0.25) is 0 Å². The molecule has 1 aromatic heterocycles. The minimum Gasteiger partial charge on any atom is -0.481 e. The molecule has 0 aliphatic carbocycles. The molecule has 100 valence electrons. The van der Waals surface area contributed by atoms with Gasteiger partial charge < -0.3 is 4.74 Å². The molecule has 0 amide bonds. The number of rotatable bonds is 4. The van der Waals surface area contributed by atoms with Gasteiger partial charge in [-0.25, -0.2) is 9.97 Å². The third-order valence-electron chi connectivity index (χ3n) is 2.94. The molecule has 0 aliphatic heterocycles. The van der Waals surface area contributed by atoms with E-state index in [2.05, 4.69) is 32.8 Å². The zero-order valence-electron chi connectivity index (χ0n) is 10.7. The maximum atomic E-state index is 6.49. The van der Waals surface area contributed by atoms with E-state index in [0.29, 0.717) is 12.3 Å². The highest BCUT2D eigenvalue weighted by atomic mass is 79.9. The Morgan fingerprint density at radius 2 is 2.16 bits per heavy atom. The summed E-state index contributed by atoms with van der Waals surface area (Å²) in [6.45, 7) is 2.05. The van der Waals surface area contributed by atoms with Gasteiger partial charge in [0.1, 0.15) is 6.33 Å². The topological polar surface area (TPSA) is 35.0 Å². The average molecular weight is 342 g/mol. The number of benzene rings is 1. The van der Waals surface area contributed by atoms with Crippen molar-refractivity contribution in [2.45, 2.75) is 18.7 Å². The van der Waals surface area contributed by atoms with Crippen LogP contribution < -0.4 is 4.74 Å². The van der Waals surface area contributed by atoms with Gasteiger partial charge in [-0.2, -0.15) is 0 Å². The summed E-state index contributed by atoms with van der Waals surface area (Å²) in [5.74, 6) is 0.555. The Hall–Kier alpha value is -1.13. The second-order valence-corrected chi connectivity index (χ2v) is 5.56. The lowest BCUT2D eigenvalue weighted by Crippen LogP contribution is -2.02. The van der Waals surface area contributed by atoms with Crippen molar-refractivity contribution in [3.8, 4) is 5.88 Å². The van der Waals surface area contributed by atoms with Gasteiger partial charge in [-0.1, -0.05) is 28.1 Å². The van der Waals surface area contributed by atoms with Crippen LogP contribution in [0, 0.1) is 6.92 Å². The van der Waals surface area contributed by atoms with E-state index in [-0.39, 0.29) is 5.38 Å². The van der Waals surface area contributed by atoms with Gasteiger partial charge in [0.05, 0.1) is 12.5 Å². The zero-order valence-corrected chi connectivity index (χ0v) is 13.1. The second kappa shape index (κ2) is 6.35. The Labute approximate surface area is 126 Å². The SMILES string of the molecule is COc1cc(CC(Cl)c2cccc(Br)c2C)ncn1. The van der Waals surface area contributed by atoms with Crippen molar-refractivity contribution in [2.75, 3.05) is 7.11 Å². The minimum atomic E-state index is -0.128. The first kappa shape index (κ1) is 14.3. The number of hydrogen-bond acceptors (Lipinski definition) is 3. The third kappa shape index (κ3) is 3.45. The molecule has 19 heavy (non-hydrogen) atoms.